The number of nitrogens with one attached hydrogen (secondary N) is 2. The van der Waals surface area contributed by atoms with Crippen molar-refractivity contribution in [1.82, 2.24) is 4.90 Å². The standard InChI is InChI=1S/C21H23N3O3/c1-14-20(25)23-17-13-16(9-10-18(17)27-14)22-19(15-7-3-2-4-8-15)21(26)24-11-5-6-12-24/h2-4,7-10,13-14,19,22H,5-6,11-12H2,1H3,(H,23,25). The molecule has 1 saturated heterocycles. The maximum absolute atomic E-state index is 13.1. The fourth-order valence-corrected chi connectivity index (χ4v) is 3.52. The van der Waals surface area contributed by atoms with Gasteiger partial charge in [-0.25, -0.2) is 0 Å². The van der Waals surface area contributed by atoms with Crippen molar-refractivity contribution in [3.63, 3.8) is 0 Å². The minimum Gasteiger partial charge on any atom is -0.479 e. The first kappa shape index (κ1) is 17.4. The van der Waals surface area contributed by atoms with Crippen LogP contribution in [0.4, 0.5) is 11.4 Å². The number of likely N-dealkylation sites (tertiary alicyclic amines) is 1. The summed E-state index contributed by atoms with van der Waals surface area (Å²) in [4.78, 5) is 26.9. The maximum Gasteiger partial charge on any atom is 0.265 e. The van der Waals surface area contributed by atoms with Crippen molar-refractivity contribution in [2.45, 2.75) is 31.9 Å². The second-order valence-electron chi connectivity index (χ2n) is 6.98. The summed E-state index contributed by atoms with van der Waals surface area (Å²) in [5, 5.41) is 6.20. The van der Waals surface area contributed by atoms with Crippen molar-refractivity contribution in [2.75, 3.05) is 23.7 Å². The number of amides is 2. The molecule has 2 aromatic rings. The number of benzene rings is 2. The van der Waals surface area contributed by atoms with Crippen LogP contribution in [0.25, 0.3) is 0 Å². The molecule has 2 amide bonds. The Balaban J connectivity index is 1.61. The molecule has 2 heterocycles. The van der Waals surface area contributed by atoms with Crippen LogP contribution < -0.4 is 15.4 Å². The van der Waals surface area contributed by atoms with Crippen LogP contribution >= 0.6 is 0 Å². The Labute approximate surface area is 158 Å². The third kappa shape index (κ3) is 3.60. The van der Waals surface area contributed by atoms with Gasteiger partial charge < -0.3 is 20.3 Å². The van der Waals surface area contributed by atoms with E-state index >= 15 is 0 Å². The molecule has 2 aliphatic heterocycles. The van der Waals surface area contributed by atoms with Gasteiger partial charge in [0.25, 0.3) is 5.91 Å². The van der Waals surface area contributed by atoms with Crippen LogP contribution in [0.3, 0.4) is 0 Å². The Morgan fingerprint density at radius 3 is 2.67 bits per heavy atom. The quantitative estimate of drug-likeness (QED) is 0.873. The van der Waals surface area contributed by atoms with Gasteiger partial charge >= 0.3 is 0 Å². The van der Waals surface area contributed by atoms with Crippen molar-refractivity contribution in [2.24, 2.45) is 0 Å². The Kier molecular flexibility index (Phi) is 4.71. The highest BCUT2D eigenvalue weighted by Gasteiger charge is 2.29. The molecule has 0 spiro atoms. The molecule has 2 aliphatic rings. The summed E-state index contributed by atoms with van der Waals surface area (Å²) < 4.78 is 5.60. The number of hydrogen-bond acceptors (Lipinski definition) is 4. The molecule has 0 aromatic heterocycles. The summed E-state index contributed by atoms with van der Waals surface area (Å²) in [5.41, 5.74) is 2.29. The maximum atomic E-state index is 13.1. The van der Waals surface area contributed by atoms with Crippen LogP contribution in [-0.4, -0.2) is 35.9 Å². The second kappa shape index (κ2) is 7.31. The highest BCUT2D eigenvalue weighted by atomic mass is 16.5. The fraction of sp³-hybridized carbons (Fsp3) is 0.333. The van der Waals surface area contributed by atoms with Gasteiger partial charge in [0, 0.05) is 18.8 Å². The minimum atomic E-state index is -0.509. The van der Waals surface area contributed by atoms with Crippen LogP contribution in [0.5, 0.6) is 5.75 Å². The molecule has 1 fully saturated rings. The first-order valence-corrected chi connectivity index (χ1v) is 9.33. The van der Waals surface area contributed by atoms with Gasteiger partial charge in [-0.3, -0.25) is 9.59 Å². The smallest absolute Gasteiger partial charge is 0.265 e. The molecule has 4 rings (SSSR count). The molecule has 0 radical (unpaired) electrons. The number of hydrogen-bond donors (Lipinski definition) is 2. The normalized spacial score (nSPS) is 19.7. The molecule has 2 N–H and O–H groups in total. The molecular weight excluding hydrogens is 342 g/mol. The number of anilines is 2. The lowest BCUT2D eigenvalue weighted by atomic mass is 10.0. The van der Waals surface area contributed by atoms with Gasteiger partial charge in [0.2, 0.25) is 5.91 Å². The van der Waals surface area contributed by atoms with Crippen molar-refractivity contribution in [3.05, 3.63) is 54.1 Å². The number of carbonyl (C=O) groups is 2. The van der Waals surface area contributed by atoms with Crippen molar-refractivity contribution >= 4 is 23.2 Å². The van der Waals surface area contributed by atoms with Gasteiger partial charge in [0.1, 0.15) is 11.8 Å². The number of carbonyl (C=O) groups excluding carboxylic acids is 2. The summed E-state index contributed by atoms with van der Waals surface area (Å²) in [6, 6.07) is 14.7. The summed E-state index contributed by atoms with van der Waals surface area (Å²) in [5.74, 6) is 0.535. The molecule has 0 bridgehead atoms. The highest BCUT2D eigenvalue weighted by molar-refractivity contribution is 5.98. The Morgan fingerprint density at radius 2 is 1.93 bits per heavy atom. The zero-order chi connectivity index (χ0) is 18.8. The number of fused-ring (bicyclic) bond motifs is 1. The molecule has 2 atom stereocenters. The first-order valence-electron chi connectivity index (χ1n) is 9.33. The topological polar surface area (TPSA) is 70.7 Å². The Morgan fingerprint density at radius 1 is 1.19 bits per heavy atom. The van der Waals surface area contributed by atoms with Crippen LogP contribution in [0.2, 0.25) is 0 Å². The molecule has 140 valence electrons. The molecule has 0 saturated carbocycles. The predicted molar refractivity (Wildman–Crippen MR) is 104 cm³/mol. The van der Waals surface area contributed by atoms with E-state index in [0.29, 0.717) is 11.4 Å². The van der Waals surface area contributed by atoms with E-state index in [-0.39, 0.29) is 11.8 Å². The van der Waals surface area contributed by atoms with Crippen LogP contribution in [-0.2, 0) is 9.59 Å². The van der Waals surface area contributed by atoms with E-state index < -0.39 is 12.1 Å². The Bertz CT molecular complexity index is 847. The predicted octanol–water partition coefficient (Wildman–Crippen LogP) is 3.18. The summed E-state index contributed by atoms with van der Waals surface area (Å²) in [6.45, 7) is 3.32. The number of nitrogens with zero attached hydrogens (tertiary/aromatic N) is 1. The zero-order valence-electron chi connectivity index (χ0n) is 15.3. The monoisotopic (exact) mass is 365 g/mol. The van der Waals surface area contributed by atoms with E-state index in [9.17, 15) is 9.59 Å². The lowest BCUT2D eigenvalue weighted by Gasteiger charge is -2.27. The van der Waals surface area contributed by atoms with E-state index in [1.54, 1.807) is 6.92 Å². The first-order chi connectivity index (χ1) is 13.1. The number of rotatable bonds is 4. The second-order valence-corrected chi connectivity index (χ2v) is 6.98. The van der Waals surface area contributed by atoms with Gasteiger partial charge in [-0.2, -0.15) is 0 Å². The third-order valence-electron chi connectivity index (χ3n) is 5.02. The van der Waals surface area contributed by atoms with Gasteiger partial charge in [-0.15, -0.1) is 0 Å². The molecule has 6 heteroatoms. The molecule has 2 unspecified atom stereocenters. The summed E-state index contributed by atoms with van der Waals surface area (Å²) >= 11 is 0. The van der Waals surface area contributed by atoms with Crippen LogP contribution in [0.1, 0.15) is 31.4 Å². The molecule has 0 aliphatic carbocycles. The fourth-order valence-electron chi connectivity index (χ4n) is 3.52. The SMILES string of the molecule is CC1Oc2ccc(NC(C(=O)N3CCCC3)c3ccccc3)cc2NC1=O. The largest absolute Gasteiger partial charge is 0.479 e. The van der Waals surface area contributed by atoms with E-state index in [2.05, 4.69) is 10.6 Å². The van der Waals surface area contributed by atoms with E-state index in [1.807, 2.05) is 53.4 Å². The summed E-state index contributed by atoms with van der Waals surface area (Å²) in [6.07, 6.45) is 1.59. The van der Waals surface area contributed by atoms with Crippen LogP contribution in [0, 0.1) is 0 Å². The lowest BCUT2D eigenvalue weighted by Crippen LogP contribution is -2.36. The van der Waals surface area contributed by atoms with E-state index in [4.69, 9.17) is 4.74 Å². The van der Waals surface area contributed by atoms with Crippen molar-refractivity contribution in [1.29, 1.82) is 0 Å². The third-order valence-corrected chi connectivity index (χ3v) is 5.02. The van der Waals surface area contributed by atoms with Gasteiger partial charge in [-0.1, -0.05) is 30.3 Å². The molecule has 27 heavy (non-hydrogen) atoms. The zero-order valence-corrected chi connectivity index (χ0v) is 15.3. The summed E-state index contributed by atoms with van der Waals surface area (Å²) in [7, 11) is 0. The van der Waals surface area contributed by atoms with Crippen molar-refractivity contribution in [3.8, 4) is 5.75 Å². The van der Waals surface area contributed by atoms with E-state index in [1.165, 1.54) is 0 Å². The number of ether oxygens (including phenoxy) is 1. The highest BCUT2D eigenvalue weighted by Crippen LogP contribution is 2.33. The average Bonchev–Trinajstić information content (AvgIpc) is 3.22. The Hall–Kier alpha value is -3.02. The minimum absolute atomic E-state index is 0.0744. The molecule has 2 aromatic carbocycles. The lowest BCUT2D eigenvalue weighted by molar-refractivity contribution is -0.131. The van der Waals surface area contributed by atoms with Gasteiger partial charge in [0.05, 0.1) is 5.69 Å². The van der Waals surface area contributed by atoms with Gasteiger partial charge in [0.15, 0.2) is 6.10 Å². The van der Waals surface area contributed by atoms with Gasteiger partial charge in [-0.05, 0) is 43.5 Å². The van der Waals surface area contributed by atoms with Crippen molar-refractivity contribution < 1.29 is 14.3 Å². The van der Waals surface area contributed by atoms with E-state index in [0.717, 1.165) is 37.2 Å². The average molecular weight is 365 g/mol. The van der Waals surface area contributed by atoms with Crippen LogP contribution in [0.15, 0.2) is 48.5 Å². The molecule has 6 nitrogen and oxygen atoms in total. The molecular formula is C21H23N3O3.